The summed E-state index contributed by atoms with van der Waals surface area (Å²) < 4.78 is 0. The summed E-state index contributed by atoms with van der Waals surface area (Å²) in [5.74, 6) is -0.0668. The second-order valence-corrected chi connectivity index (χ2v) is 7.77. The maximum Gasteiger partial charge on any atom is 0.237 e. The standard InChI is InChI=1S/C22H23N3OS/c1-14-15(2)23-22(24-16(14)3)27-17(4)21(26)25-20-13-9-8-12-19(20)18-10-6-5-7-11-18/h5-13,17H,1-4H3,(H,25,26)/t17-/m0/s1. The van der Waals surface area contributed by atoms with E-state index in [9.17, 15) is 4.79 Å². The number of rotatable bonds is 5. The maximum atomic E-state index is 12.7. The smallest absolute Gasteiger partial charge is 0.237 e. The lowest BCUT2D eigenvalue weighted by atomic mass is 10.0. The van der Waals surface area contributed by atoms with Gasteiger partial charge in [-0.2, -0.15) is 0 Å². The molecule has 0 radical (unpaired) electrons. The highest BCUT2D eigenvalue weighted by atomic mass is 32.2. The van der Waals surface area contributed by atoms with E-state index in [0.717, 1.165) is 33.8 Å². The molecule has 0 aliphatic heterocycles. The number of hydrogen-bond acceptors (Lipinski definition) is 4. The first-order valence-corrected chi connectivity index (χ1v) is 9.77. The van der Waals surface area contributed by atoms with Gasteiger partial charge in [-0.25, -0.2) is 9.97 Å². The number of benzene rings is 2. The van der Waals surface area contributed by atoms with Crippen molar-refractivity contribution in [3.63, 3.8) is 0 Å². The number of nitrogens with zero attached hydrogens (tertiary/aromatic N) is 2. The van der Waals surface area contributed by atoms with Crippen molar-refractivity contribution in [1.29, 1.82) is 0 Å². The van der Waals surface area contributed by atoms with Gasteiger partial charge in [-0.05, 0) is 44.9 Å². The third kappa shape index (κ3) is 4.55. The van der Waals surface area contributed by atoms with E-state index < -0.39 is 0 Å². The molecule has 1 heterocycles. The molecule has 138 valence electrons. The lowest BCUT2D eigenvalue weighted by Gasteiger charge is -2.15. The SMILES string of the molecule is Cc1nc(S[C@@H](C)C(=O)Nc2ccccc2-c2ccccc2)nc(C)c1C. The first kappa shape index (κ1) is 19.1. The molecule has 0 aliphatic rings. The van der Waals surface area contributed by atoms with Crippen LogP contribution in [0.1, 0.15) is 23.9 Å². The lowest BCUT2D eigenvalue weighted by Crippen LogP contribution is -2.23. The van der Waals surface area contributed by atoms with E-state index in [0.29, 0.717) is 5.16 Å². The molecule has 1 amide bonds. The molecule has 3 aromatic rings. The third-order valence-electron chi connectivity index (χ3n) is 4.53. The van der Waals surface area contributed by atoms with Gasteiger partial charge in [-0.15, -0.1) is 0 Å². The van der Waals surface area contributed by atoms with Gasteiger partial charge in [0.2, 0.25) is 5.91 Å². The first-order valence-electron chi connectivity index (χ1n) is 8.89. The van der Waals surface area contributed by atoms with Crippen LogP contribution in [0, 0.1) is 20.8 Å². The fourth-order valence-corrected chi connectivity index (χ4v) is 3.56. The number of aryl methyl sites for hydroxylation is 2. The van der Waals surface area contributed by atoms with Crippen LogP contribution in [0.5, 0.6) is 0 Å². The summed E-state index contributed by atoms with van der Waals surface area (Å²) in [5, 5.41) is 3.38. The van der Waals surface area contributed by atoms with Crippen molar-refractivity contribution < 1.29 is 4.79 Å². The minimum atomic E-state index is -0.310. The molecule has 0 spiro atoms. The number of carbonyl (C=O) groups excluding carboxylic acids is 1. The number of anilines is 1. The number of nitrogens with one attached hydrogen (secondary N) is 1. The topological polar surface area (TPSA) is 54.9 Å². The molecular formula is C22H23N3OS. The number of aromatic nitrogens is 2. The minimum Gasteiger partial charge on any atom is -0.325 e. The van der Waals surface area contributed by atoms with E-state index >= 15 is 0 Å². The zero-order valence-corrected chi connectivity index (χ0v) is 16.8. The summed E-state index contributed by atoms with van der Waals surface area (Å²) in [6, 6.07) is 17.9. The average molecular weight is 378 g/mol. The molecule has 1 N–H and O–H groups in total. The Kier molecular flexibility index (Phi) is 5.91. The molecule has 0 unspecified atom stereocenters. The van der Waals surface area contributed by atoms with Crippen LogP contribution in [-0.2, 0) is 4.79 Å². The van der Waals surface area contributed by atoms with Crippen molar-refractivity contribution in [2.45, 2.75) is 38.1 Å². The molecule has 0 saturated carbocycles. The Balaban J connectivity index is 1.76. The average Bonchev–Trinajstić information content (AvgIpc) is 2.67. The van der Waals surface area contributed by atoms with Gasteiger partial charge in [0, 0.05) is 22.6 Å². The highest BCUT2D eigenvalue weighted by Crippen LogP contribution is 2.29. The van der Waals surface area contributed by atoms with E-state index in [1.165, 1.54) is 11.8 Å². The molecule has 3 rings (SSSR count). The predicted molar refractivity (Wildman–Crippen MR) is 112 cm³/mol. The Hall–Kier alpha value is -2.66. The number of carbonyl (C=O) groups is 1. The second kappa shape index (κ2) is 8.35. The minimum absolute atomic E-state index is 0.0668. The maximum absolute atomic E-state index is 12.7. The molecule has 5 heteroatoms. The van der Waals surface area contributed by atoms with Crippen molar-refractivity contribution in [2.75, 3.05) is 5.32 Å². The summed E-state index contributed by atoms with van der Waals surface area (Å²) in [6.07, 6.45) is 0. The molecule has 1 aromatic heterocycles. The second-order valence-electron chi connectivity index (χ2n) is 6.46. The Bertz CT molecular complexity index is 934. The third-order valence-corrected chi connectivity index (χ3v) is 5.49. The lowest BCUT2D eigenvalue weighted by molar-refractivity contribution is -0.115. The number of amides is 1. The van der Waals surface area contributed by atoms with Crippen molar-refractivity contribution in [1.82, 2.24) is 9.97 Å². The van der Waals surface area contributed by atoms with Crippen LogP contribution in [-0.4, -0.2) is 21.1 Å². The van der Waals surface area contributed by atoms with Crippen molar-refractivity contribution >= 4 is 23.4 Å². The van der Waals surface area contributed by atoms with Crippen molar-refractivity contribution in [3.8, 4) is 11.1 Å². The zero-order chi connectivity index (χ0) is 19.4. The van der Waals surface area contributed by atoms with Crippen LogP contribution in [0.15, 0.2) is 59.8 Å². The molecular weight excluding hydrogens is 354 g/mol. The summed E-state index contributed by atoms with van der Waals surface area (Å²) in [7, 11) is 0. The molecule has 4 nitrogen and oxygen atoms in total. The summed E-state index contributed by atoms with van der Waals surface area (Å²) >= 11 is 1.38. The normalized spacial score (nSPS) is 11.9. The first-order chi connectivity index (χ1) is 13.0. The van der Waals surface area contributed by atoms with Crippen LogP contribution in [0.4, 0.5) is 5.69 Å². The summed E-state index contributed by atoms with van der Waals surface area (Å²) in [4.78, 5) is 21.7. The van der Waals surface area contributed by atoms with Gasteiger partial charge in [0.15, 0.2) is 5.16 Å². The number of hydrogen-bond donors (Lipinski definition) is 1. The number of thioether (sulfide) groups is 1. The predicted octanol–water partition coefficient (Wildman–Crippen LogP) is 5.19. The molecule has 0 aliphatic carbocycles. The van der Waals surface area contributed by atoms with Crippen LogP contribution < -0.4 is 5.32 Å². The molecule has 2 aromatic carbocycles. The van der Waals surface area contributed by atoms with Gasteiger partial charge in [0.25, 0.3) is 0 Å². The Morgan fingerprint density at radius 3 is 2.19 bits per heavy atom. The van der Waals surface area contributed by atoms with Gasteiger partial charge in [0.05, 0.1) is 5.25 Å². The van der Waals surface area contributed by atoms with Gasteiger partial charge in [-0.3, -0.25) is 4.79 Å². The van der Waals surface area contributed by atoms with Crippen LogP contribution in [0.25, 0.3) is 11.1 Å². The Labute approximate surface area is 164 Å². The molecule has 1 atom stereocenters. The Morgan fingerprint density at radius 2 is 1.52 bits per heavy atom. The fraction of sp³-hybridized carbons (Fsp3) is 0.227. The van der Waals surface area contributed by atoms with E-state index in [-0.39, 0.29) is 11.2 Å². The quantitative estimate of drug-likeness (QED) is 0.491. The van der Waals surface area contributed by atoms with Gasteiger partial charge < -0.3 is 5.32 Å². The highest BCUT2D eigenvalue weighted by molar-refractivity contribution is 8.00. The molecule has 0 fully saturated rings. The van der Waals surface area contributed by atoms with E-state index in [1.807, 2.05) is 82.3 Å². The van der Waals surface area contributed by atoms with Gasteiger partial charge in [-0.1, -0.05) is 60.3 Å². The molecule has 0 saturated heterocycles. The fourth-order valence-electron chi connectivity index (χ4n) is 2.70. The van der Waals surface area contributed by atoms with E-state index in [4.69, 9.17) is 0 Å². The van der Waals surface area contributed by atoms with Crippen molar-refractivity contribution in [3.05, 3.63) is 71.5 Å². The van der Waals surface area contributed by atoms with E-state index in [2.05, 4.69) is 15.3 Å². The molecule has 0 bridgehead atoms. The summed E-state index contributed by atoms with van der Waals surface area (Å²) in [5.41, 5.74) is 5.87. The summed E-state index contributed by atoms with van der Waals surface area (Å²) in [6.45, 7) is 7.82. The monoisotopic (exact) mass is 377 g/mol. The van der Waals surface area contributed by atoms with Gasteiger partial charge in [0.1, 0.15) is 0 Å². The van der Waals surface area contributed by atoms with Crippen molar-refractivity contribution in [2.24, 2.45) is 0 Å². The van der Waals surface area contributed by atoms with Crippen LogP contribution >= 0.6 is 11.8 Å². The Morgan fingerprint density at radius 1 is 0.926 bits per heavy atom. The van der Waals surface area contributed by atoms with E-state index in [1.54, 1.807) is 0 Å². The molecule has 27 heavy (non-hydrogen) atoms. The van der Waals surface area contributed by atoms with Crippen LogP contribution in [0.2, 0.25) is 0 Å². The van der Waals surface area contributed by atoms with Crippen LogP contribution in [0.3, 0.4) is 0 Å². The zero-order valence-electron chi connectivity index (χ0n) is 16.0. The number of para-hydroxylation sites is 1. The van der Waals surface area contributed by atoms with Gasteiger partial charge >= 0.3 is 0 Å². The largest absolute Gasteiger partial charge is 0.325 e. The highest BCUT2D eigenvalue weighted by Gasteiger charge is 2.18.